The van der Waals surface area contributed by atoms with Gasteiger partial charge in [0.1, 0.15) is 0 Å². The van der Waals surface area contributed by atoms with Gasteiger partial charge in [0.25, 0.3) is 5.91 Å². The largest absolute Gasteiger partial charge is 0.383 e. The fourth-order valence-corrected chi connectivity index (χ4v) is 4.28. The van der Waals surface area contributed by atoms with Gasteiger partial charge >= 0.3 is 0 Å². The molecule has 0 unspecified atom stereocenters. The lowest BCUT2D eigenvalue weighted by Crippen LogP contribution is -2.17. The van der Waals surface area contributed by atoms with Crippen LogP contribution < -0.4 is 5.32 Å². The first-order valence-electron chi connectivity index (χ1n) is 10.7. The molecule has 0 bridgehead atoms. The Kier molecular flexibility index (Phi) is 7.35. The quantitative estimate of drug-likeness (QED) is 0.325. The zero-order chi connectivity index (χ0) is 25.1. The van der Waals surface area contributed by atoms with Crippen molar-refractivity contribution in [1.29, 1.82) is 0 Å². The summed E-state index contributed by atoms with van der Waals surface area (Å²) in [6.45, 7) is 3.25. The fraction of sp³-hybridized carbons (Fsp3) is 0.200. The first kappa shape index (κ1) is 24.7. The van der Waals surface area contributed by atoms with Crippen molar-refractivity contribution in [3.8, 4) is 22.4 Å². The number of hydrogen-bond donors (Lipinski definition) is 1. The van der Waals surface area contributed by atoms with E-state index < -0.39 is 5.91 Å². The number of nitrogens with zero attached hydrogens (tertiary/aromatic N) is 4. The van der Waals surface area contributed by atoms with Crippen LogP contribution in [0.5, 0.6) is 0 Å². The Balaban J connectivity index is 1.57. The molecule has 0 atom stereocenters. The molecular weight excluding hydrogens is 489 g/mol. The predicted molar refractivity (Wildman–Crippen MR) is 136 cm³/mol. The van der Waals surface area contributed by atoms with E-state index >= 15 is 0 Å². The molecule has 2 aromatic carbocycles. The highest BCUT2D eigenvalue weighted by Crippen LogP contribution is 2.33. The van der Waals surface area contributed by atoms with Gasteiger partial charge in [-0.15, -0.1) is 0 Å². The maximum Gasteiger partial charge on any atom is 0.291 e. The number of hydrogen-bond acceptors (Lipinski definition) is 5. The van der Waals surface area contributed by atoms with Crippen molar-refractivity contribution in [2.45, 2.75) is 13.5 Å². The third-order valence-corrected chi connectivity index (χ3v) is 6.38. The zero-order valence-corrected chi connectivity index (χ0v) is 20.9. The number of aldehydes is 1. The van der Waals surface area contributed by atoms with Crippen molar-refractivity contribution in [2.75, 3.05) is 19.0 Å². The molecule has 1 N–H and O–H groups in total. The minimum absolute atomic E-state index is 0.200. The minimum Gasteiger partial charge on any atom is -0.383 e. The molecule has 4 aromatic rings. The van der Waals surface area contributed by atoms with Crippen LogP contribution >= 0.6 is 23.2 Å². The van der Waals surface area contributed by atoms with Crippen LogP contribution in [0.2, 0.25) is 10.0 Å². The van der Waals surface area contributed by atoms with Crippen LogP contribution in [0.4, 0.5) is 5.69 Å². The Morgan fingerprint density at radius 3 is 2.60 bits per heavy atom. The number of carbonyl (C=O) groups is 2. The van der Waals surface area contributed by atoms with Crippen molar-refractivity contribution in [3.63, 3.8) is 0 Å². The van der Waals surface area contributed by atoms with Crippen molar-refractivity contribution < 1.29 is 14.3 Å². The molecule has 2 heterocycles. The fourth-order valence-electron chi connectivity index (χ4n) is 3.78. The average molecular weight is 512 g/mol. The van der Waals surface area contributed by atoms with Crippen LogP contribution in [-0.4, -0.2) is 45.2 Å². The molecule has 2 aromatic heterocycles. The Morgan fingerprint density at radius 2 is 1.91 bits per heavy atom. The molecule has 0 aliphatic rings. The van der Waals surface area contributed by atoms with Gasteiger partial charge in [0.2, 0.25) is 0 Å². The smallest absolute Gasteiger partial charge is 0.291 e. The lowest BCUT2D eigenvalue weighted by atomic mass is 10.0. The van der Waals surface area contributed by atoms with Gasteiger partial charge in [-0.2, -0.15) is 5.10 Å². The maximum atomic E-state index is 12.8. The molecule has 1 amide bonds. The van der Waals surface area contributed by atoms with Gasteiger partial charge in [-0.1, -0.05) is 35.3 Å². The van der Waals surface area contributed by atoms with Gasteiger partial charge in [0, 0.05) is 42.2 Å². The summed E-state index contributed by atoms with van der Waals surface area (Å²) in [6, 6.07) is 10.4. The van der Waals surface area contributed by atoms with Gasteiger partial charge in [-0.05, 0) is 36.8 Å². The molecule has 0 saturated heterocycles. The highest BCUT2D eigenvalue weighted by Gasteiger charge is 2.19. The number of methoxy groups -OCH3 is 1. The summed E-state index contributed by atoms with van der Waals surface area (Å²) >= 11 is 12.7. The predicted octanol–water partition coefficient (Wildman–Crippen LogP) is 5.28. The number of carbonyl (C=O) groups excluding carboxylic acids is 2. The first-order valence-corrected chi connectivity index (χ1v) is 11.5. The molecule has 0 saturated carbocycles. The van der Waals surface area contributed by atoms with Gasteiger partial charge in [0.05, 0.1) is 41.3 Å². The SMILES string of the molecule is COCCn1ncc(-c2ccc(-c3cnc(C(=O)Nc4ccc(C=O)c(Cl)c4)n3C)c(Cl)c2)c1C. The second-order valence-electron chi connectivity index (χ2n) is 7.89. The first-order chi connectivity index (χ1) is 16.8. The number of ether oxygens (including phenoxy) is 1. The number of anilines is 1. The number of rotatable bonds is 8. The van der Waals surface area contributed by atoms with Gasteiger partial charge in [-0.25, -0.2) is 4.98 Å². The van der Waals surface area contributed by atoms with Crippen molar-refractivity contribution in [2.24, 2.45) is 7.05 Å². The molecule has 0 spiro atoms. The molecule has 8 nitrogen and oxygen atoms in total. The van der Waals surface area contributed by atoms with Crippen LogP contribution in [0.1, 0.15) is 26.7 Å². The lowest BCUT2D eigenvalue weighted by molar-refractivity contribution is 0.101. The number of benzene rings is 2. The Labute approximate surface area is 212 Å². The minimum atomic E-state index is -0.416. The third-order valence-electron chi connectivity index (χ3n) is 5.74. The van der Waals surface area contributed by atoms with E-state index in [4.69, 9.17) is 27.9 Å². The highest BCUT2D eigenvalue weighted by molar-refractivity contribution is 6.34. The van der Waals surface area contributed by atoms with Crippen molar-refractivity contribution >= 4 is 41.1 Å². The standard InChI is InChI=1S/C25H23Cl2N5O3/c1-15-20(12-29-32(15)8-9-35-3)16-5-7-19(22(27)10-16)23-13-28-24(31(23)2)25(34)30-18-6-4-17(14-33)21(26)11-18/h4-7,10-14H,8-9H2,1-3H3,(H,30,34). The van der Waals surface area contributed by atoms with E-state index in [-0.39, 0.29) is 10.8 Å². The molecule has 35 heavy (non-hydrogen) atoms. The van der Waals surface area contributed by atoms with E-state index in [2.05, 4.69) is 15.4 Å². The number of imidazole rings is 1. The summed E-state index contributed by atoms with van der Waals surface area (Å²) in [7, 11) is 3.40. The second-order valence-corrected chi connectivity index (χ2v) is 8.70. The summed E-state index contributed by atoms with van der Waals surface area (Å²) in [5.74, 6) is -0.216. The number of aromatic nitrogens is 4. The molecule has 4 rings (SSSR count). The molecule has 0 aliphatic carbocycles. The topological polar surface area (TPSA) is 91.0 Å². The third kappa shape index (κ3) is 5.00. The van der Waals surface area contributed by atoms with E-state index in [0.29, 0.717) is 41.4 Å². The van der Waals surface area contributed by atoms with Crippen molar-refractivity contribution in [1.82, 2.24) is 19.3 Å². The summed E-state index contributed by atoms with van der Waals surface area (Å²) in [6.07, 6.45) is 4.08. The van der Waals surface area contributed by atoms with E-state index in [1.165, 1.54) is 6.07 Å². The summed E-state index contributed by atoms with van der Waals surface area (Å²) in [5, 5.41) is 7.97. The molecule has 180 valence electrons. The van der Waals surface area contributed by atoms with Gasteiger partial charge in [0.15, 0.2) is 12.1 Å². The number of nitrogens with one attached hydrogen (secondary N) is 1. The van der Waals surface area contributed by atoms with E-state index in [0.717, 1.165) is 22.4 Å². The number of halogens is 2. The summed E-state index contributed by atoms with van der Waals surface area (Å²) < 4.78 is 8.71. The monoisotopic (exact) mass is 511 g/mol. The lowest BCUT2D eigenvalue weighted by Gasteiger charge is -2.10. The molecule has 0 aliphatic heterocycles. The Morgan fingerprint density at radius 1 is 1.11 bits per heavy atom. The van der Waals surface area contributed by atoms with E-state index in [9.17, 15) is 9.59 Å². The Hall–Kier alpha value is -3.46. The molecule has 0 radical (unpaired) electrons. The molecule has 0 fully saturated rings. The summed E-state index contributed by atoms with van der Waals surface area (Å²) in [4.78, 5) is 28.1. The van der Waals surface area contributed by atoms with Crippen LogP contribution in [0, 0.1) is 6.92 Å². The average Bonchev–Trinajstić information content (AvgIpc) is 3.40. The summed E-state index contributed by atoms with van der Waals surface area (Å²) in [5.41, 5.74) is 5.18. The van der Waals surface area contributed by atoms with Gasteiger partial charge in [-0.3, -0.25) is 14.3 Å². The molecule has 10 heteroatoms. The van der Waals surface area contributed by atoms with E-state index in [1.54, 1.807) is 37.1 Å². The van der Waals surface area contributed by atoms with Crippen LogP contribution in [0.15, 0.2) is 48.8 Å². The number of amides is 1. The zero-order valence-electron chi connectivity index (χ0n) is 19.4. The normalized spacial score (nSPS) is 11.0. The highest BCUT2D eigenvalue weighted by atomic mass is 35.5. The maximum absolute atomic E-state index is 12.8. The van der Waals surface area contributed by atoms with Gasteiger partial charge < -0.3 is 14.6 Å². The van der Waals surface area contributed by atoms with Crippen LogP contribution in [0.25, 0.3) is 22.4 Å². The van der Waals surface area contributed by atoms with Crippen molar-refractivity contribution in [3.05, 3.63) is 75.9 Å². The van der Waals surface area contributed by atoms with E-state index in [1.807, 2.05) is 36.0 Å². The Bertz CT molecular complexity index is 1410. The second kappa shape index (κ2) is 10.4. The van der Waals surface area contributed by atoms with Crippen LogP contribution in [0.3, 0.4) is 0 Å². The molecular formula is C25H23Cl2N5O3. The van der Waals surface area contributed by atoms with Crippen LogP contribution in [-0.2, 0) is 18.3 Å².